The molecule has 1 heterocycles. The Morgan fingerprint density at radius 3 is 2.86 bits per heavy atom. The van der Waals surface area contributed by atoms with Gasteiger partial charge in [-0.1, -0.05) is 49.4 Å². The molecule has 3 rings (SSSR count). The highest BCUT2D eigenvalue weighted by Gasteiger charge is 2.05. The van der Waals surface area contributed by atoms with E-state index in [1.807, 2.05) is 6.20 Å². The van der Waals surface area contributed by atoms with E-state index in [2.05, 4.69) is 70.5 Å². The third kappa shape index (κ3) is 3.14. The lowest BCUT2D eigenvalue weighted by atomic mass is 10.0. The molecule has 1 aromatic heterocycles. The summed E-state index contributed by atoms with van der Waals surface area (Å²) in [6.07, 6.45) is 5.09. The molecule has 0 amide bonds. The lowest BCUT2D eigenvalue weighted by Crippen LogP contribution is -2.18. The summed E-state index contributed by atoms with van der Waals surface area (Å²) in [6, 6.07) is 15.0. The SMILES string of the molecule is CCCNCc1nccn1Cc1cccc2ccccc12. The van der Waals surface area contributed by atoms with E-state index in [0.717, 1.165) is 31.9 Å². The third-order valence-electron chi connectivity index (χ3n) is 3.73. The largest absolute Gasteiger partial charge is 0.329 e. The molecule has 1 N–H and O–H groups in total. The Kier molecular flexibility index (Phi) is 4.31. The molecule has 108 valence electrons. The summed E-state index contributed by atoms with van der Waals surface area (Å²) in [4.78, 5) is 4.46. The number of nitrogens with one attached hydrogen (secondary N) is 1. The molecule has 0 aliphatic carbocycles. The van der Waals surface area contributed by atoms with E-state index in [1.165, 1.54) is 16.3 Å². The second kappa shape index (κ2) is 6.55. The Labute approximate surface area is 125 Å². The van der Waals surface area contributed by atoms with Crippen LogP contribution in [0.15, 0.2) is 54.9 Å². The zero-order chi connectivity index (χ0) is 14.5. The first-order chi connectivity index (χ1) is 10.4. The van der Waals surface area contributed by atoms with Crippen LogP contribution in [-0.2, 0) is 13.1 Å². The summed E-state index contributed by atoms with van der Waals surface area (Å²) in [5, 5.41) is 6.03. The quantitative estimate of drug-likeness (QED) is 0.699. The van der Waals surface area contributed by atoms with Crippen LogP contribution in [0.2, 0.25) is 0 Å². The predicted molar refractivity (Wildman–Crippen MR) is 87.3 cm³/mol. The van der Waals surface area contributed by atoms with Crippen molar-refractivity contribution in [3.63, 3.8) is 0 Å². The van der Waals surface area contributed by atoms with Crippen LogP contribution in [0.3, 0.4) is 0 Å². The fraction of sp³-hybridized carbons (Fsp3) is 0.278. The molecule has 2 aromatic carbocycles. The van der Waals surface area contributed by atoms with Crippen molar-refractivity contribution >= 4 is 10.8 Å². The summed E-state index contributed by atoms with van der Waals surface area (Å²) >= 11 is 0. The van der Waals surface area contributed by atoms with E-state index in [0.29, 0.717) is 0 Å². The van der Waals surface area contributed by atoms with Crippen molar-refractivity contribution in [2.75, 3.05) is 6.54 Å². The Balaban J connectivity index is 1.84. The van der Waals surface area contributed by atoms with Crippen LogP contribution >= 0.6 is 0 Å². The number of imidazole rings is 1. The van der Waals surface area contributed by atoms with Crippen molar-refractivity contribution in [1.29, 1.82) is 0 Å². The maximum atomic E-state index is 4.46. The average Bonchev–Trinajstić information content (AvgIpc) is 2.95. The maximum Gasteiger partial charge on any atom is 0.122 e. The molecule has 3 heteroatoms. The van der Waals surface area contributed by atoms with Crippen molar-refractivity contribution in [3.05, 3.63) is 66.2 Å². The molecule has 0 unspecified atom stereocenters. The van der Waals surface area contributed by atoms with Gasteiger partial charge in [0.2, 0.25) is 0 Å². The molecular formula is C18H21N3. The number of hydrogen-bond donors (Lipinski definition) is 1. The van der Waals surface area contributed by atoms with Crippen molar-refractivity contribution < 1.29 is 0 Å². The molecular weight excluding hydrogens is 258 g/mol. The molecule has 0 bridgehead atoms. The van der Waals surface area contributed by atoms with Gasteiger partial charge in [0.05, 0.1) is 6.54 Å². The fourth-order valence-corrected chi connectivity index (χ4v) is 2.64. The Bertz CT molecular complexity index is 710. The summed E-state index contributed by atoms with van der Waals surface area (Å²) in [5.41, 5.74) is 1.34. The first kappa shape index (κ1) is 13.8. The van der Waals surface area contributed by atoms with Gasteiger partial charge in [-0.05, 0) is 29.3 Å². The van der Waals surface area contributed by atoms with Crippen LogP contribution in [0.25, 0.3) is 10.8 Å². The van der Waals surface area contributed by atoms with Gasteiger partial charge in [0.15, 0.2) is 0 Å². The zero-order valence-electron chi connectivity index (χ0n) is 12.4. The van der Waals surface area contributed by atoms with Gasteiger partial charge in [-0.25, -0.2) is 4.98 Å². The fourth-order valence-electron chi connectivity index (χ4n) is 2.64. The molecule has 0 saturated heterocycles. The normalized spacial score (nSPS) is 11.1. The second-order valence-electron chi connectivity index (χ2n) is 5.29. The van der Waals surface area contributed by atoms with Gasteiger partial charge < -0.3 is 9.88 Å². The van der Waals surface area contributed by atoms with Crippen LogP contribution in [0.5, 0.6) is 0 Å². The van der Waals surface area contributed by atoms with E-state index in [4.69, 9.17) is 0 Å². The van der Waals surface area contributed by atoms with Crippen LogP contribution in [0.1, 0.15) is 24.7 Å². The highest BCUT2D eigenvalue weighted by atomic mass is 15.1. The topological polar surface area (TPSA) is 29.9 Å². The van der Waals surface area contributed by atoms with Gasteiger partial charge >= 0.3 is 0 Å². The minimum absolute atomic E-state index is 0.825. The van der Waals surface area contributed by atoms with Crippen LogP contribution in [0, 0.1) is 0 Å². The zero-order valence-corrected chi connectivity index (χ0v) is 12.4. The minimum atomic E-state index is 0.825. The van der Waals surface area contributed by atoms with Crippen LogP contribution < -0.4 is 5.32 Å². The van der Waals surface area contributed by atoms with E-state index in [9.17, 15) is 0 Å². The second-order valence-corrected chi connectivity index (χ2v) is 5.29. The molecule has 3 nitrogen and oxygen atoms in total. The third-order valence-corrected chi connectivity index (χ3v) is 3.73. The number of aromatic nitrogens is 2. The van der Waals surface area contributed by atoms with Crippen molar-refractivity contribution in [1.82, 2.24) is 14.9 Å². The highest BCUT2D eigenvalue weighted by Crippen LogP contribution is 2.19. The van der Waals surface area contributed by atoms with Gasteiger partial charge in [-0.3, -0.25) is 0 Å². The molecule has 3 aromatic rings. The number of benzene rings is 2. The summed E-state index contributed by atoms with van der Waals surface area (Å²) < 4.78 is 2.23. The molecule has 0 saturated carbocycles. The number of rotatable bonds is 6. The van der Waals surface area contributed by atoms with Crippen molar-refractivity contribution in [2.45, 2.75) is 26.4 Å². The van der Waals surface area contributed by atoms with Gasteiger partial charge in [-0.15, -0.1) is 0 Å². The predicted octanol–water partition coefficient (Wildman–Crippen LogP) is 3.58. The molecule has 0 fully saturated rings. The minimum Gasteiger partial charge on any atom is -0.329 e. The summed E-state index contributed by atoms with van der Waals surface area (Å²) in [5.74, 6) is 1.09. The highest BCUT2D eigenvalue weighted by molar-refractivity contribution is 5.85. The van der Waals surface area contributed by atoms with Gasteiger partial charge in [0.1, 0.15) is 5.82 Å². The number of fused-ring (bicyclic) bond motifs is 1. The average molecular weight is 279 g/mol. The van der Waals surface area contributed by atoms with E-state index < -0.39 is 0 Å². The summed E-state index contributed by atoms with van der Waals surface area (Å²) in [7, 11) is 0. The Hall–Kier alpha value is -2.13. The standard InChI is InChI=1S/C18H21N3/c1-2-10-19-13-18-20-11-12-21(18)14-16-8-5-7-15-6-3-4-9-17(15)16/h3-9,11-12,19H,2,10,13-14H2,1H3. The van der Waals surface area contributed by atoms with Gasteiger partial charge in [0, 0.05) is 18.9 Å². The molecule has 21 heavy (non-hydrogen) atoms. The molecule has 0 aliphatic rings. The molecule has 0 spiro atoms. The monoisotopic (exact) mass is 279 g/mol. The van der Waals surface area contributed by atoms with Gasteiger partial charge in [0.25, 0.3) is 0 Å². The maximum absolute atomic E-state index is 4.46. The van der Waals surface area contributed by atoms with Crippen LogP contribution in [0.4, 0.5) is 0 Å². The van der Waals surface area contributed by atoms with Crippen molar-refractivity contribution in [2.24, 2.45) is 0 Å². The smallest absolute Gasteiger partial charge is 0.122 e. The number of nitrogens with zero attached hydrogens (tertiary/aromatic N) is 2. The molecule has 0 aliphatic heterocycles. The van der Waals surface area contributed by atoms with E-state index in [1.54, 1.807) is 0 Å². The molecule has 0 atom stereocenters. The van der Waals surface area contributed by atoms with Crippen LogP contribution in [-0.4, -0.2) is 16.1 Å². The molecule has 0 radical (unpaired) electrons. The lowest BCUT2D eigenvalue weighted by molar-refractivity contribution is 0.616. The Morgan fingerprint density at radius 1 is 1.10 bits per heavy atom. The van der Waals surface area contributed by atoms with E-state index >= 15 is 0 Å². The first-order valence-electron chi connectivity index (χ1n) is 7.56. The first-order valence-corrected chi connectivity index (χ1v) is 7.56. The van der Waals surface area contributed by atoms with E-state index in [-0.39, 0.29) is 0 Å². The van der Waals surface area contributed by atoms with Gasteiger partial charge in [-0.2, -0.15) is 0 Å². The Morgan fingerprint density at radius 2 is 1.95 bits per heavy atom. The van der Waals surface area contributed by atoms with Crippen molar-refractivity contribution in [3.8, 4) is 0 Å². The lowest BCUT2D eigenvalue weighted by Gasteiger charge is -2.11. The number of hydrogen-bond acceptors (Lipinski definition) is 2. The summed E-state index contributed by atoms with van der Waals surface area (Å²) in [6.45, 7) is 4.90.